The van der Waals surface area contributed by atoms with Crippen molar-refractivity contribution in [3.63, 3.8) is 0 Å². The van der Waals surface area contributed by atoms with Gasteiger partial charge in [-0.15, -0.1) is 0 Å². The van der Waals surface area contributed by atoms with Gasteiger partial charge in [-0.25, -0.2) is 0 Å². The van der Waals surface area contributed by atoms with E-state index >= 15 is 0 Å². The Morgan fingerprint density at radius 2 is 1.82 bits per heavy atom. The number of hydrogen-bond acceptors (Lipinski definition) is 5. The van der Waals surface area contributed by atoms with Gasteiger partial charge >= 0.3 is 0 Å². The highest BCUT2D eigenvalue weighted by Gasteiger charge is 2.46. The van der Waals surface area contributed by atoms with Crippen LogP contribution in [-0.4, -0.2) is 63.8 Å². The Morgan fingerprint density at radius 1 is 1.05 bits per heavy atom. The van der Waals surface area contributed by atoms with Crippen molar-refractivity contribution in [1.29, 1.82) is 0 Å². The lowest BCUT2D eigenvalue weighted by molar-refractivity contribution is -0.141. The smallest absolute Gasteiger partial charge is 0.289 e. The number of ketones is 2. The summed E-state index contributed by atoms with van der Waals surface area (Å²) >= 11 is 0. The summed E-state index contributed by atoms with van der Waals surface area (Å²) in [7, 11) is 0. The molecule has 202 valence electrons. The van der Waals surface area contributed by atoms with Crippen molar-refractivity contribution in [2.45, 2.75) is 76.9 Å². The molecule has 3 N–H and O–H groups in total. The molecule has 3 aliphatic rings. The average molecular weight is 521 g/mol. The minimum absolute atomic E-state index is 0.0617. The SMILES string of the molecule is CC(C)NC(=O)C(=O)C(CC1CCCC1=O)NC(=O)C1CC(C2CC2)CN1C(=O)c1cc2ccccc2[nH]1. The van der Waals surface area contributed by atoms with Crippen molar-refractivity contribution < 1.29 is 24.0 Å². The molecule has 0 spiro atoms. The molecule has 2 aliphatic carbocycles. The molecule has 9 heteroatoms. The fraction of sp³-hybridized carbons (Fsp3) is 0.552. The summed E-state index contributed by atoms with van der Waals surface area (Å²) in [5.41, 5.74) is 1.26. The van der Waals surface area contributed by atoms with Gasteiger partial charge in [-0.1, -0.05) is 18.2 Å². The molecular formula is C29H36N4O5. The van der Waals surface area contributed by atoms with Gasteiger partial charge in [0.1, 0.15) is 17.5 Å². The minimum atomic E-state index is -1.11. The lowest BCUT2D eigenvalue weighted by atomic mass is 9.94. The van der Waals surface area contributed by atoms with E-state index in [1.165, 1.54) is 0 Å². The molecular weight excluding hydrogens is 484 g/mol. The van der Waals surface area contributed by atoms with E-state index in [9.17, 15) is 24.0 Å². The second-order valence-electron chi connectivity index (χ2n) is 11.4. The van der Waals surface area contributed by atoms with Gasteiger partial charge in [0.15, 0.2) is 0 Å². The quantitative estimate of drug-likeness (QED) is 0.438. The van der Waals surface area contributed by atoms with Gasteiger partial charge in [-0.3, -0.25) is 24.0 Å². The van der Waals surface area contributed by atoms with E-state index in [0.717, 1.165) is 30.2 Å². The van der Waals surface area contributed by atoms with E-state index in [2.05, 4.69) is 15.6 Å². The second kappa shape index (κ2) is 10.7. The molecule has 5 rings (SSSR count). The monoisotopic (exact) mass is 520 g/mol. The maximum Gasteiger partial charge on any atom is 0.289 e. The summed E-state index contributed by atoms with van der Waals surface area (Å²) in [6.45, 7) is 3.98. The Balaban J connectivity index is 1.36. The van der Waals surface area contributed by atoms with Crippen LogP contribution in [0.25, 0.3) is 10.9 Å². The maximum absolute atomic E-state index is 13.7. The van der Waals surface area contributed by atoms with E-state index in [4.69, 9.17) is 0 Å². The summed E-state index contributed by atoms with van der Waals surface area (Å²) in [5, 5.41) is 6.31. The molecule has 2 saturated carbocycles. The lowest BCUT2D eigenvalue weighted by Crippen LogP contribution is -2.54. The number of aromatic nitrogens is 1. The van der Waals surface area contributed by atoms with Crippen molar-refractivity contribution in [3.8, 4) is 0 Å². The Hall–Kier alpha value is -3.49. The van der Waals surface area contributed by atoms with Gasteiger partial charge in [-0.2, -0.15) is 0 Å². The molecule has 0 radical (unpaired) electrons. The van der Waals surface area contributed by atoms with Crippen LogP contribution in [0.2, 0.25) is 0 Å². The molecule has 3 amide bonds. The van der Waals surface area contributed by atoms with E-state index < -0.39 is 29.7 Å². The number of nitrogens with one attached hydrogen (secondary N) is 3. The van der Waals surface area contributed by atoms with Gasteiger partial charge in [-0.05, 0) is 76.3 Å². The Bertz CT molecular complexity index is 1230. The summed E-state index contributed by atoms with van der Waals surface area (Å²) in [6.07, 6.45) is 4.64. The molecule has 1 aliphatic heterocycles. The number of nitrogens with zero attached hydrogens (tertiary/aromatic N) is 1. The molecule has 4 atom stereocenters. The van der Waals surface area contributed by atoms with Crippen LogP contribution in [0.3, 0.4) is 0 Å². The van der Waals surface area contributed by atoms with Crippen molar-refractivity contribution >= 4 is 40.2 Å². The molecule has 38 heavy (non-hydrogen) atoms. The van der Waals surface area contributed by atoms with Gasteiger partial charge in [0.25, 0.3) is 11.8 Å². The Kier molecular flexibility index (Phi) is 7.36. The van der Waals surface area contributed by atoms with Gasteiger partial charge in [0.2, 0.25) is 11.7 Å². The fourth-order valence-corrected chi connectivity index (χ4v) is 6.01. The van der Waals surface area contributed by atoms with Crippen molar-refractivity contribution in [2.24, 2.45) is 17.8 Å². The summed E-state index contributed by atoms with van der Waals surface area (Å²) < 4.78 is 0. The number of Topliss-reactive ketones (excluding diaryl/α,β-unsaturated/α-hetero) is 2. The molecule has 0 bridgehead atoms. The molecule has 2 heterocycles. The van der Waals surface area contributed by atoms with Crippen molar-refractivity contribution in [2.75, 3.05) is 6.54 Å². The molecule has 2 aromatic rings. The molecule has 1 aromatic heterocycles. The zero-order valence-electron chi connectivity index (χ0n) is 22.0. The Labute approximate surface area is 222 Å². The molecule has 4 unspecified atom stereocenters. The first-order chi connectivity index (χ1) is 18.2. The maximum atomic E-state index is 13.7. The van der Waals surface area contributed by atoms with Crippen LogP contribution in [0.1, 0.15) is 69.3 Å². The Morgan fingerprint density at radius 3 is 2.47 bits per heavy atom. The van der Waals surface area contributed by atoms with Crippen LogP contribution in [0.4, 0.5) is 0 Å². The number of likely N-dealkylation sites (tertiary alicyclic amines) is 1. The van der Waals surface area contributed by atoms with Crippen LogP contribution in [0.5, 0.6) is 0 Å². The van der Waals surface area contributed by atoms with E-state index in [1.54, 1.807) is 24.8 Å². The predicted octanol–water partition coefficient (Wildman–Crippen LogP) is 2.75. The summed E-state index contributed by atoms with van der Waals surface area (Å²) in [6, 6.07) is 7.31. The standard InChI is InChI=1S/C29H36N4O5/c1-16(2)30-28(37)26(35)22(13-19-7-5-9-25(19)34)32-27(36)24-14-20(17-10-11-17)15-33(24)29(38)23-12-18-6-3-4-8-21(18)31-23/h3-4,6,8,12,16-17,19-20,22,24,31H,5,7,9-11,13-15H2,1-2H3,(H,30,37)(H,32,36). The largest absolute Gasteiger partial charge is 0.351 e. The number of aromatic amines is 1. The normalized spacial score (nSPS) is 24.1. The van der Waals surface area contributed by atoms with Crippen LogP contribution >= 0.6 is 0 Å². The first-order valence-corrected chi connectivity index (χ1v) is 13.8. The number of amides is 3. The zero-order chi connectivity index (χ0) is 27.0. The van der Waals surface area contributed by atoms with E-state index in [0.29, 0.717) is 37.4 Å². The van der Waals surface area contributed by atoms with Crippen LogP contribution < -0.4 is 10.6 Å². The average Bonchev–Trinajstić information content (AvgIpc) is 3.30. The van der Waals surface area contributed by atoms with Gasteiger partial charge in [0, 0.05) is 35.8 Å². The second-order valence-corrected chi connectivity index (χ2v) is 11.4. The fourth-order valence-electron chi connectivity index (χ4n) is 6.01. The topological polar surface area (TPSA) is 128 Å². The van der Waals surface area contributed by atoms with Crippen LogP contribution in [0.15, 0.2) is 30.3 Å². The third-order valence-corrected chi connectivity index (χ3v) is 8.17. The summed E-state index contributed by atoms with van der Waals surface area (Å²) in [5.74, 6) is -1.81. The minimum Gasteiger partial charge on any atom is -0.351 e. The first-order valence-electron chi connectivity index (χ1n) is 13.8. The third-order valence-electron chi connectivity index (χ3n) is 8.17. The number of carbonyl (C=O) groups excluding carboxylic acids is 5. The highest BCUT2D eigenvalue weighted by atomic mass is 16.2. The number of benzene rings is 1. The van der Waals surface area contributed by atoms with Crippen molar-refractivity contribution in [1.82, 2.24) is 20.5 Å². The molecule has 1 aromatic carbocycles. The third kappa shape index (κ3) is 5.51. The highest BCUT2D eigenvalue weighted by Crippen LogP contribution is 2.43. The highest BCUT2D eigenvalue weighted by molar-refractivity contribution is 6.38. The number of fused-ring (bicyclic) bond motifs is 1. The molecule has 1 saturated heterocycles. The van der Waals surface area contributed by atoms with E-state index in [1.807, 2.05) is 24.3 Å². The van der Waals surface area contributed by atoms with E-state index in [-0.39, 0.29) is 36.0 Å². The van der Waals surface area contributed by atoms with Crippen LogP contribution in [-0.2, 0) is 19.2 Å². The van der Waals surface area contributed by atoms with Crippen LogP contribution in [0, 0.1) is 17.8 Å². The summed E-state index contributed by atoms with van der Waals surface area (Å²) in [4.78, 5) is 70.1. The molecule has 3 fully saturated rings. The van der Waals surface area contributed by atoms with Crippen molar-refractivity contribution in [3.05, 3.63) is 36.0 Å². The lowest BCUT2D eigenvalue weighted by Gasteiger charge is -2.26. The number of rotatable bonds is 9. The van der Waals surface area contributed by atoms with Gasteiger partial charge in [0.05, 0.1) is 6.04 Å². The first kappa shape index (κ1) is 26.1. The number of carbonyl (C=O) groups is 5. The number of para-hydroxylation sites is 1. The number of H-pyrrole nitrogens is 1. The molecule has 9 nitrogen and oxygen atoms in total. The predicted molar refractivity (Wildman–Crippen MR) is 141 cm³/mol. The number of hydrogen-bond donors (Lipinski definition) is 3. The zero-order valence-corrected chi connectivity index (χ0v) is 22.0. The van der Waals surface area contributed by atoms with Gasteiger partial charge < -0.3 is 20.5 Å².